The summed E-state index contributed by atoms with van der Waals surface area (Å²) >= 11 is 0. The number of benzene rings is 1. The standard InChI is InChI=1S/C13H21N3O2/c1-3-4-7-16(9-13(15)17)10-5-6-11(14)12(8-10)18-2/h5-6,8H,3-4,7,9,14H2,1-2H3,(H2,15,17). The fraction of sp³-hybridized carbons (Fsp3) is 0.462. The van der Waals surface area contributed by atoms with Crippen molar-refractivity contribution in [3.05, 3.63) is 18.2 Å². The zero-order chi connectivity index (χ0) is 13.5. The van der Waals surface area contributed by atoms with Gasteiger partial charge in [-0.15, -0.1) is 0 Å². The maximum absolute atomic E-state index is 11.1. The Kier molecular flexibility index (Phi) is 5.30. The van der Waals surface area contributed by atoms with Crippen LogP contribution in [0.1, 0.15) is 19.8 Å². The molecular weight excluding hydrogens is 230 g/mol. The zero-order valence-corrected chi connectivity index (χ0v) is 11.0. The highest BCUT2D eigenvalue weighted by Gasteiger charge is 2.11. The molecule has 0 radical (unpaired) electrons. The van der Waals surface area contributed by atoms with E-state index < -0.39 is 0 Å². The second-order valence-corrected chi connectivity index (χ2v) is 4.17. The number of primary amides is 1. The molecule has 0 bridgehead atoms. The number of rotatable bonds is 7. The summed E-state index contributed by atoms with van der Waals surface area (Å²) in [6.07, 6.45) is 2.06. The molecule has 18 heavy (non-hydrogen) atoms. The molecule has 5 nitrogen and oxygen atoms in total. The quantitative estimate of drug-likeness (QED) is 0.717. The van der Waals surface area contributed by atoms with Crippen LogP contribution in [0.2, 0.25) is 0 Å². The van der Waals surface area contributed by atoms with Gasteiger partial charge in [0.25, 0.3) is 0 Å². The molecule has 1 aromatic carbocycles. The molecule has 0 aliphatic rings. The number of nitrogen functional groups attached to an aromatic ring is 1. The number of methoxy groups -OCH3 is 1. The molecule has 0 saturated heterocycles. The number of ether oxygens (including phenoxy) is 1. The van der Waals surface area contributed by atoms with Crippen molar-refractivity contribution in [3.8, 4) is 5.75 Å². The molecule has 100 valence electrons. The molecule has 0 aliphatic carbocycles. The van der Waals surface area contributed by atoms with E-state index in [1.165, 1.54) is 0 Å². The van der Waals surface area contributed by atoms with Gasteiger partial charge in [-0.25, -0.2) is 0 Å². The van der Waals surface area contributed by atoms with E-state index in [1.807, 2.05) is 17.0 Å². The normalized spacial score (nSPS) is 10.1. The molecule has 1 aromatic rings. The summed E-state index contributed by atoms with van der Waals surface area (Å²) in [6.45, 7) is 3.09. The van der Waals surface area contributed by atoms with Crippen molar-refractivity contribution < 1.29 is 9.53 Å². The molecule has 0 unspecified atom stereocenters. The van der Waals surface area contributed by atoms with Gasteiger partial charge in [-0.3, -0.25) is 4.79 Å². The third-order valence-corrected chi connectivity index (χ3v) is 2.71. The van der Waals surface area contributed by atoms with E-state index in [9.17, 15) is 4.79 Å². The summed E-state index contributed by atoms with van der Waals surface area (Å²) in [6, 6.07) is 5.47. The number of hydrogen-bond acceptors (Lipinski definition) is 4. The fourth-order valence-corrected chi connectivity index (χ4v) is 1.73. The van der Waals surface area contributed by atoms with Crippen molar-refractivity contribution in [2.75, 3.05) is 30.8 Å². The van der Waals surface area contributed by atoms with Crippen LogP contribution in [-0.4, -0.2) is 26.1 Å². The van der Waals surface area contributed by atoms with Gasteiger partial charge in [-0.05, 0) is 18.6 Å². The van der Waals surface area contributed by atoms with Crippen LogP contribution in [0.15, 0.2) is 18.2 Å². The van der Waals surface area contributed by atoms with Gasteiger partial charge in [0.15, 0.2) is 0 Å². The lowest BCUT2D eigenvalue weighted by molar-refractivity contribution is -0.116. The predicted octanol–water partition coefficient (Wildman–Crippen LogP) is 1.37. The van der Waals surface area contributed by atoms with Gasteiger partial charge in [-0.2, -0.15) is 0 Å². The average molecular weight is 251 g/mol. The molecule has 0 fully saturated rings. The Morgan fingerprint density at radius 2 is 2.17 bits per heavy atom. The van der Waals surface area contributed by atoms with Gasteiger partial charge in [0.1, 0.15) is 5.75 Å². The number of carbonyl (C=O) groups is 1. The monoisotopic (exact) mass is 251 g/mol. The first-order valence-corrected chi connectivity index (χ1v) is 6.05. The molecule has 0 atom stereocenters. The summed E-state index contributed by atoms with van der Waals surface area (Å²) in [5.74, 6) is 0.264. The van der Waals surface area contributed by atoms with Crippen LogP contribution in [-0.2, 0) is 4.79 Å². The van der Waals surface area contributed by atoms with Crippen molar-refractivity contribution >= 4 is 17.3 Å². The zero-order valence-electron chi connectivity index (χ0n) is 11.0. The Labute approximate surface area is 108 Å². The molecule has 0 aromatic heterocycles. The fourth-order valence-electron chi connectivity index (χ4n) is 1.73. The Balaban J connectivity index is 2.92. The number of nitrogens with two attached hydrogens (primary N) is 2. The maximum Gasteiger partial charge on any atom is 0.236 e. The van der Waals surface area contributed by atoms with E-state index in [4.69, 9.17) is 16.2 Å². The number of hydrogen-bond donors (Lipinski definition) is 2. The Hall–Kier alpha value is -1.91. The first kappa shape index (κ1) is 14.2. The predicted molar refractivity (Wildman–Crippen MR) is 73.7 cm³/mol. The number of anilines is 2. The lowest BCUT2D eigenvalue weighted by atomic mass is 10.2. The molecule has 1 amide bonds. The Bertz CT molecular complexity index is 407. The molecule has 0 heterocycles. The van der Waals surface area contributed by atoms with E-state index in [1.54, 1.807) is 13.2 Å². The molecular formula is C13H21N3O2. The highest BCUT2D eigenvalue weighted by atomic mass is 16.5. The van der Waals surface area contributed by atoms with Gasteiger partial charge in [0, 0.05) is 18.3 Å². The average Bonchev–Trinajstić information content (AvgIpc) is 2.34. The van der Waals surface area contributed by atoms with Crippen LogP contribution in [0.4, 0.5) is 11.4 Å². The van der Waals surface area contributed by atoms with Crippen LogP contribution < -0.4 is 21.1 Å². The maximum atomic E-state index is 11.1. The highest BCUT2D eigenvalue weighted by Crippen LogP contribution is 2.27. The van der Waals surface area contributed by atoms with Crippen LogP contribution in [0.25, 0.3) is 0 Å². The van der Waals surface area contributed by atoms with E-state index in [-0.39, 0.29) is 12.5 Å². The number of amides is 1. The first-order chi connectivity index (χ1) is 8.58. The van der Waals surface area contributed by atoms with Crippen molar-refractivity contribution in [1.29, 1.82) is 0 Å². The van der Waals surface area contributed by atoms with E-state index in [0.717, 1.165) is 25.1 Å². The lowest BCUT2D eigenvalue weighted by Gasteiger charge is -2.24. The minimum atomic E-state index is -0.345. The van der Waals surface area contributed by atoms with Gasteiger partial charge in [0.05, 0.1) is 19.3 Å². The molecule has 0 spiro atoms. The third-order valence-electron chi connectivity index (χ3n) is 2.71. The van der Waals surface area contributed by atoms with Gasteiger partial charge in [-0.1, -0.05) is 13.3 Å². The molecule has 5 heteroatoms. The topological polar surface area (TPSA) is 81.6 Å². The van der Waals surface area contributed by atoms with Crippen LogP contribution in [0, 0.1) is 0 Å². The Morgan fingerprint density at radius 3 is 2.72 bits per heavy atom. The van der Waals surface area contributed by atoms with E-state index in [0.29, 0.717) is 11.4 Å². The second kappa shape index (κ2) is 6.74. The molecule has 0 aliphatic heterocycles. The lowest BCUT2D eigenvalue weighted by Crippen LogP contribution is -2.34. The van der Waals surface area contributed by atoms with Crippen molar-refractivity contribution in [1.82, 2.24) is 0 Å². The molecule has 1 rings (SSSR count). The number of nitrogens with zero attached hydrogens (tertiary/aromatic N) is 1. The van der Waals surface area contributed by atoms with Crippen LogP contribution in [0.5, 0.6) is 5.75 Å². The summed E-state index contributed by atoms with van der Waals surface area (Å²) < 4.78 is 5.18. The summed E-state index contributed by atoms with van der Waals surface area (Å²) in [5, 5.41) is 0. The van der Waals surface area contributed by atoms with E-state index in [2.05, 4.69) is 6.92 Å². The largest absolute Gasteiger partial charge is 0.495 e. The van der Waals surface area contributed by atoms with Gasteiger partial charge in [0.2, 0.25) is 5.91 Å². The highest BCUT2D eigenvalue weighted by molar-refractivity contribution is 5.80. The van der Waals surface area contributed by atoms with Crippen molar-refractivity contribution in [2.24, 2.45) is 5.73 Å². The summed E-state index contributed by atoms with van der Waals surface area (Å²) in [4.78, 5) is 13.0. The number of unbranched alkanes of at least 4 members (excludes halogenated alkanes) is 1. The first-order valence-electron chi connectivity index (χ1n) is 6.05. The second-order valence-electron chi connectivity index (χ2n) is 4.17. The van der Waals surface area contributed by atoms with E-state index >= 15 is 0 Å². The van der Waals surface area contributed by atoms with Crippen molar-refractivity contribution in [3.63, 3.8) is 0 Å². The van der Waals surface area contributed by atoms with Crippen molar-refractivity contribution in [2.45, 2.75) is 19.8 Å². The number of carbonyl (C=O) groups excluding carboxylic acids is 1. The Morgan fingerprint density at radius 1 is 1.44 bits per heavy atom. The SMILES string of the molecule is CCCCN(CC(N)=O)c1ccc(N)c(OC)c1. The smallest absolute Gasteiger partial charge is 0.236 e. The van der Waals surface area contributed by atoms with Gasteiger partial charge >= 0.3 is 0 Å². The van der Waals surface area contributed by atoms with Crippen LogP contribution >= 0.6 is 0 Å². The molecule has 4 N–H and O–H groups in total. The van der Waals surface area contributed by atoms with Crippen LogP contribution in [0.3, 0.4) is 0 Å². The minimum Gasteiger partial charge on any atom is -0.495 e. The van der Waals surface area contributed by atoms with Gasteiger partial charge < -0.3 is 21.1 Å². The summed E-state index contributed by atoms with van der Waals surface area (Å²) in [5.41, 5.74) is 12.5. The molecule has 0 saturated carbocycles. The third kappa shape index (κ3) is 3.84. The summed E-state index contributed by atoms with van der Waals surface area (Å²) in [7, 11) is 1.57. The minimum absolute atomic E-state index is 0.201.